The van der Waals surface area contributed by atoms with Crippen LogP contribution in [0.5, 0.6) is 0 Å². The number of rotatable bonds is 10. The van der Waals surface area contributed by atoms with Gasteiger partial charge in [0.1, 0.15) is 43.2 Å². The zero-order valence-electron chi connectivity index (χ0n) is 23.5. The third kappa shape index (κ3) is 6.30. The summed E-state index contributed by atoms with van der Waals surface area (Å²) in [7, 11) is -1.17. The molecule has 0 fully saturated rings. The first-order valence-corrected chi connectivity index (χ1v) is 14.7. The Kier molecular flexibility index (Phi) is 8.72. The maximum absolute atomic E-state index is 15.1. The lowest BCUT2D eigenvalue weighted by atomic mass is 9.70. The van der Waals surface area contributed by atoms with E-state index in [1.54, 1.807) is 0 Å². The monoisotopic (exact) mass is 616 g/mol. The molecule has 1 amide bonds. The number of nitrogens with zero attached hydrogens (tertiary/aromatic N) is 3. The van der Waals surface area contributed by atoms with Gasteiger partial charge in [0, 0.05) is 6.42 Å². The van der Waals surface area contributed by atoms with Crippen LogP contribution < -0.4 is 15.5 Å². The van der Waals surface area contributed by atoms with E-state index in [-0.39, 0.29) is 11.3 Å². The van der Waals surface area contributed by atoms with Gasteiger partial charge in [-0.3, -0.25) is 9.52 Å². The number of hydrogen-bond donors (Lipinski definition) is 2. The number of halogens is 2. The Balaban J connectivity index is 1.35. The molecule has 223 valence electrons. The van der Waals surface area contributed by atoms with Crippen LogP contribution in [-0.4, -0.2) is 55.5 Å². The van der Waals surface area contributed by atoms with Crippen molar-refractivity contribution in [2.24, 2.45) is 0 Å². The van der Waals surface area contributed by atoms with Crippen LogP contribution in [0.4, 0.5) is 14.5 Å². The molecule has 0 aliphatic rings. The van der Waals surface area contributed by atoms with E-state index >= 15 is 8.78 Å². The number of nitrogens with one attached hydrogen (secondary N) is 2. The number of amides is 1. The van der Waals surface area contributed by atoms with Crippen LogP contribution in [0.15, 0.2) is 90.3 Å². The quantitative estimate of drug-likeness (QED) is 0.182. The summed E-state index contributed by atoms with van der Waals surface area (Å²) in [5, 5.41) is 8.10. The molecular formula is C30H25BF2N5O5S. The fourth-order valence-electron chi connectivity index (χ4n) is 4.78. The average Bonchev–Trinajstić information content (AvgIpc) is 3.55. The molecule has 2 N–H and O–H groups in total. The van der Waals surface area contributed by atoms with Crippen molar-refractivity contribution in [1.82, 2.24) is 20.1 Å². The highest BCUT2D eigenvalue weighted by atomic mass is 32.2. The van der Waals surface area contributed by atoms with Crippen molar-refractivity contribution >= 4 is 51.1 Å². The number of aromatic nitrogens is 3. The molecule has 0 saturated carbocycles. The number of benzene rings is 4. The molecule has 1 radical (unpaired) electrons. The Labute approximate surface area is 252 Å². The van der Waals surface area contributed by atoms with Gasteiger partial charge in [0.25, 0.3) is 15.9 Å². The summed E-state index contributed by atoms with van der Waals surface area (Å²) in [5.41, 5.74) is 0.804. The van der Waals surface area contributed by atoms with Crippen molar-refractivity contribution in [3.63, 3.8) is 0 Å². The van der Waals surface area contributed by atoms with E-state index in [1.807, 2.05) is 50.5 Å². The Morgan fingerprint density at radius 1 is 1.00 bits per heavy atom. The van der Waals surface area contributed by atoms with Crippen LogP contribution >= 0.6 is 0 Å². The lowest BCUT2D eigenvalue weighted by Crippen LogP contribution is -2.43. The number of anilines is 1. The largest absolute Gasteiger partial charge is 0.467 e. The Morgan fingerprint density at radius 3 is 2.30 bits per heavy atom. The number of esters is 1. The molecule has 1 atom stereocenters. The van der Waals surface area contributed by atoms with Gasteiger partial charge in [0.15, 0.2) is 0 Å². The molecule has 0 aliphatic carbocycles. The van der Waals surface area contributed by atoms with E-state index in [0.717, 1.165) is 23.3 Å². The van der Waals surface area contributed by atoms with E-state index in [1.165, 1.54) is 41.6 Å². The minimum atomic E-state index is -4.25. The molecule has 1 heterocycles. The first kappa shape index (κ1) is 30.4. The summed E-state index contributed by atoms with van der Waals surface area (Å²) < 4.78 is 64.4. The van der Waals surface area contributed by atoms with Gasteiger partial charge in [-0.25, -0.2) is 31.7 Å². The first-order chi connectivity index (χ1) is 21.1. The summed E-state index contributed by atoms with van der Waals surface area (Å²) in [6.45, 7) is 1.90. The predicted molar refractivity (Wildman–Crippen MR) is 161 cm³/mol. The second kappa shape index (κ2) is 12.6. The van der Waals surface area contributed by atoms with Gasteiger partial charge in [-0.05, 0) is 52.7 Å². The minimum absolute atomic E-state index is 0.0141. The summed E-state index contributed by atoms with van der Waals surface area (Å²) in [6.07, 6.45) is 2.74. The van der Waals surface area contributed by atoms with Crippen LogP contribution in [0, 0.1) is 11.6 Å². The van der Waals surface area contributed by atoms with Crippen LogP contribution in [0.3, 0.4) is 0 Å². The van der Waals surface area contributed by atoms with Gasteiger partial charge in [-0.1, -0.05) is 48.7 Å². The molecule has 10 nitrogen and oxygen atoms in total. The second-order valence-electron chi connectivity index (χ2n) is 9.66. The smallest absolute Gasteiger partial charge is 0.328 e. The maximum atomic E-state index is 15.1. The van der Waals surface area contributed by atoms with E-state index in [0.29, 0.717) is 23.4 Å². The predicted octanol–water partition coefficient (Wildman–Crippen LogP) is 3.39. The van der Waals surface area contributed by atoms with E-state index < -0.39 is 50.8 Å². The van der Waals surface area contributed by atoms with Crippen molar-refractivity contribution in [2.75, 3.05) is 11.8 Å². The number of methoxy groups -OCH3 is 1. The molecular weight excluding hydrogens is 591 g/mol. The number of ether oxygens (including phenoxy) is 1. The average molecular weight is 616 g/mol. The van der Waals surface area contributed by atoms with E-state index in [9.17, 15) is 18.0 Å². The van der Waals surface area contributed by atoms with Crippen molar-refractivity contribution in [3.05, 3.63) is 108 Å². The zero-order valence-corrected chi connectivity index (χ0v) is 24.3. The molecule has 1 aromatic heterocycles. The molecule has 5 rings (SSSR count). The summed E-state index contributed by atoms with van der Waals surface area (Å²) in [4.78, 5) is 29.3. The van der Waals surface area contributed by atoms with Gasteiger partial charge in [-0.15, -0.1) is 0 Å². The van der Waals surface area contributed by atoms with Crippen LogP contribution in [-0.2, 0) is 26.0 Å². The van der Waals surface area contributed by atoms with Crippen molar-refractivity contribution in [3.8, 4) is 5.69 Å². The third-order valence-electron chi connectivity index (χ3n) is 6.93. The van der Waals surface area contributed by atoms with Crippen molar-refractivity contribution in [1.29, 1.82) is 0 Å². The van der Waals surface area contributed by atoms with E-state index in [4.69, 9.17) is 4.74 Å². The fraction of sp³-hybridized carbons (Fsp3) is 0.133. The first-order valence-electron chi connectivity index (χ1n) is 13.3. The standard InChI is InChI=1S/C30H25BF2N5O5S/c1-31-24-12-7-18(22-5-3-4-6-23(22)24)13-27(30(40)43-2)36-29(39)28-25(32)14-19(15-26(28)33)37-44(41,42)21-10-8-20(9-11-21)38-17-34-16-35-38/h3-12,14-17,27,37H,13H2,1-2H3,(H,36,39)/t27-/m0/s1. The minimum Gasteiger partial charge on any atom is -0.467 e. The van der Waals surface area contributed by atoms with Gasteiger partial charge in [0.2, 0.25) is 0 Å². The number of carbonyl (C=O) groups is 2. The van der Waals surface area contributed by atoms with Crippen molar-refractivity contribution < 1.29 is 31.5 Å². The lowest BCUT2D eigenvalue weighted by molar-refractivity contribution is -0.142. The molecule has 0 spiro atoms. The van der Waals surface area contributed by atoms with Gasteiger partial charge >= 0.3 is 5.97 Å². The van der Waals surface area contributed by atoms with Gasteiger partial charge in [0.05, 0.1) is 23.4 Å². The lowest BCUT2D eigenvalue weighted by Gasteiger charge is -2.19. The third-order valence-corrected chi connectivity index (χ3v) is 8.32. The SMILES string of the molecule is C[B]c1ccc(C[C@H](NC(=O)c2c(F)cc(NS(=O)(=O)c3ccc(-n4cncn4)cc3)cc2F)C(=O)OC)c2ccccc12. The highest BCUT2D eigenvalue weighted by Crippen LogP contribution is 2.24. The van der Waals surface area contributed by atoms with Gasteiger partial charge in [-0.2, -0.15) is 5.10 Å². The molecule has 0 aliphatic heterocycles. The Hall–Kier alpha value is -5.11. The number of fused-ring (bicyclic) bond motifs is 1. The second-order valence-corrected chi connectivity index (χ2v) is 11.3. The highest BCUT2D eigenvalue weighted by Gasteiger charge is 2.28. The summed E-state index contributed by atoms with van der Waals surface area (Å²) in [5.74, 6) is -4.69. The summed E-state index contributed by atoms with van der Waals surface area (Å²) in [6, 6.07) is 16.8. The normalized spacial score (nSPS) is 12.0. The number of sulfonamides is 1. The van der Waals surface area contributed by atoms with Crippen LogP contribution in [0.25, 0.3) is 16.5 Å². The van der Waals surface area contributed by atoms with Crippen molar-refractivity contribution in [2.45, 2.75) is 24.2 Å². The summed E-state index contributed by atoms with van der Waals surface area (Å²) >= 11 is 0. The fourth-order valence-corrected chi connectivity index (χ4v) is 5.82. The Bertz CT molecular complexity index is 1930. The van der Waals surface area contributed by atoms with Crippen LogP contribution in [0.2, 0.25) is 6.82 Å². The number of carbonyl (C=O) groups excluding carboxylic acids is 2. The molecule has 14 heteroatoms. The van der Waals surface area contributed by atoms with Gasteiger partial charge < -0.3 is 10.1 Å². The molecule has 44 heavy (non-hydrogen) atoms. The van der Waals surface area contributed by atoms with E-state index in [2.05, 4.69) is 20.1 Å². The topological polar surface area (TPSA) is 132 Å². The molecule has 0 unspecified atom stereocenters. The van der Waals surface area contributed by atoms with Crippen LogP contribution in [0.1, 0.15) is 15.9 Å². The molecule has 5 aromatic rings. The molecule has 0 saturated heterocycles. The maximum Gasteiger partial charge on any atom is 0.328 e. The Morgan fingerprint density at radius 2 is 1.68 bits per heavy atom. The highest BCUT2D eigenvalue weighted by molar-refractivity contribution is 7.92. The molecule has 0 bridgehead atoms. The molecule has 4 aromatic carbocycles. The zero-order chi connectivity index (χ0) is 31.4. The number of hydrogen-bond acceptors (Lipinski definition) is 7.